The Kier molecular flexibility index (Phi) is 14.4. The lowest BCUT2D eigenvalue weighted by Crippen LogP contribution is -1.94. The monoisotopic (exact) mass is 462 g/mol. The van der Waals surface area contributed by atoms with E-state index in [9.17, 15) is 14.0 Å². The first-order valence-electron chi connectivity index (χ1n) is 9.85. The summed E-state index contributed by atoms with van der Waals surface area (Å²) in [4.78, 5) is 26.3. The molecule has 0 bridgehead atoms. The van der Waals surface area contributed by atoms with E-state index < -0.39 is 15.6 Å². The van der Waals surface area contributed by atoms with Crippen LogP contribution < -0.4 is 0 Å². The highest BCUT2D eigenvalue weighted by molar-refractivity contribution is 7.60. The fourth-order valence-electron chi connectivity index (χ4n) is 2.44. The smallest absolute Gasteiger partial charge is 0.302 e. The molecule has 0 fully saturated rings. The summed E-state index contributed by atoms with van der Waals surface area (Å²) >= 11 is 0. The summed E-state index contributed by atoms with van der Waals surface area (Å²) in [6, 6.07) is 0. The van der Waals surface area contributed by atoms with Crippen molar-refractivity contribution in [2.24, 2.45) is 0 Å². The molecule has 0 aliphatic carbocycles. The molecule has 1 atom stereocenters. The highest BCUT2D eigenvalue weighted by Gasteiger charge is 2.31. The van der Waals surface area contributed by atoms with Crippen molar-refractivity contribution >= 4 is 15.6 Å². The molecule has 0 aromatic carbocycles. The van der Waals surface area contributed by atoms with Gasteiger partial charge in [0, 0.05) is 0 Å². The normalized spacial score (nSPS) is 16.5. The van der Waals surface area contributed by atoms with Gasteiger partial charge in [0.05, 0.1) is 6.61 Å². The molecule has 0 aliphatic rings. The van der Waals surface area contributed by atoms with Crippen molar-refractivity contribution in [3.8, 4) is 0 Å². The van der Waals surface area contributed by atoms with Crippen LogP contribution in [0.3, 0.4) is 0 Å². The molecule has 172 valence electrons. The molecule has 0 saturated carbocycles. The lowest BCUT2D eigenvalue weighted by molar-refractivity contribution is 0.191. The predicted molar refractivity (Wildman–Crippen MR) is 122 cm³/mol. The number of phosphoric ester groups is 1. The van der Waals surface area contributed by atoms with Gasteiger partial charge in [0.1, 0.15) is 0 Å². The molecule has 0 radical (unpaired) electrons. The molecule has 0 heterocycles. The van der Waals surface area contributed by atoms with Crippen LogP contribution in [-0.2, 0) is 18.0 Å². The van der Waals surface area contributed by atoms with E-state index in [1.807, 2.05) is 13.0 Å². The van der Waals surface area contributed by atoms with Gasteiger partial charge in [0.15, 0.2) is 0 Å². The Labute approximate surface area is 180 Å². The summed E-state index contributed by atoms with van der Waals surface area (Å²) in [5.41, 5.74) is 4.84. The quantitative estimate of drug-likeness (QED) is 0.144. The van der Waals surface area contributed by atoms with Crippen LogP contribution in [-0.4, -0.2) is 21.3 Å². The van der Waals surface area contributed by atoms with Crippen LogP contribution in [0.1, 0.15) is 66.2 Å². The van der Waals surface area contributed by atoms with E-state index in [-0.39, 0.29) is 6.61 Å². The minimum absolute atomic E-state index is 0.270. The topological polar surface area (TPSA) is 113 Å². The van der Waals surface area contributed by atoms with Crippen LogP contribution in [0, 0.1) is 0 Å². The van der Waals surface area contributed by atoms with Crippen LogP contribution in [0.5, 0.6) is 0 Å². The first-order valence-corrected chi connectivity index (χ1v) is 12.9. The Morgan fingerprint density at radius 2 is 1.23 bits per heavy atom. The predicted octanol–water partition coefficient (Wildman–Crippen LogP) is 6.52. The second-order valence-electron chi connectivity index (χ2n) is 7.26. The van der Waals surface area contributed by atoms with E-state index in [1.54, 1.807) is 6.08 Å². The Morgan fingerprint density at radius 1 is 0.800 bits per heavy atom. The molecule has 0 amide bonds. The standard InChI is InChI=1S/C21H36O7P2/c1-6-18(2)10-7-11-19(3)12-8-13-20(4)14-9-15-21(5)16-17-27-30(25,26)28-29(22,23)24/h6,10,12,14,16H,1,7-9,11,13,15,17H2,2-5H3,(H,25,26)(H2,22,23,24)/b18-10?,19-12+,20-14+,21-16+. The molecular weight excluding hydrogens is 426 g/mol. The number of hydrogen-bond acceptors (Lipinski definition) is 4. The van der Waals surface area contributed by atoms with E-state index >= 15 is 0 Å². The molecule has 7 nitrogen and oxygen atoms in total. The van der Waals surface area contributed by atoms with Gasteiger partial charge in [-0.25, -0.2) is 9.13 Å². The Bertz CT molecular complexity index is 757. The maximum atomic E-state index is 11.3. The van der Waals surface area contributed by atoms with Crippen LogP contribution in [0.2, 0.25) is 0 Å². The van der Waals surface area contributed by atoms with E-state index in [4.69, 9.17) is 9.79 Å². The van der Waals surface area contributed by atoms with E-state index in [0.29, 0.717) is 0 Å². The van der Waals surface area contributed by atoms with Crippen molar-refractivity contribution in [2.45, 2.75) is 66.2 Å². The molecule has 0 rings (SSSR count). The molecule has 3 N–H and O–H groups in total. The molecule has 0 aliphatic heterocycles. The summed E-state index contributed by atoms with van der Waals surface area (Å²) in [7, 11) is -9.86. The zero-order valence-corrected chi connectivity index (χ0v) is 20.2. The van der Waals surface area contributed by atoms with Gasteiger partial charge in [-0.05, 0) is 66.2 Å². The zero-order chi connectivity index (χ0) is 23.2. The average Bonchev–Trinajstić information content (AvgIpc) is 2.59. The minimum atomic E-state index is -5.08. The summed E-state index contributed by atoms with van der Waals surface area (Å²) in [6.45, 7) is 11.6. The molecule has 0 spiro atoms. The third kappa shape index (κ3) is 17.8. The van der Waals surface area contributed by atoms with Gasteiger partial charge in [0.25, 0.3) is 0 Å². The second-order valence-corrected chi connectivity index (χ2v) is 10.1. The third-order valence-corrected chi connectivity index (χ3v) is 6.42. The van der Waals surface area contributed by atoms with Crippen LogP contribution in [0.15, 0.2) is 59.3 Å². The highest BCUT2D eigenvalue weighted by atomic mass is 31.3. The first kappa shape index (κ1) is 29.0. The Balaban J connectivity index is 4.22. The van der Waals surface area contributed by atoms with Crippen molar-refractivity contribution in [1.82, 2.24) is 0 Å². The van der Waals surface area contributed by atoms with E-state index in [1.165, 1.54) is 16.7 Å². The molecule has 0 aromatic heterocycles. The lowest BCUT2D eigenvalue weighted by Gasteiger charge is -2.11. The number of phosphoric acid groups is 2. The SMILES string of the molecule is C=CC(C)=CCC/C(C)=C/CC/C(C)=C/CC/C(C)=C/COP(=O)(O)OP(=O)(O)O. The van der Waals surface area contributed by atoms with Gasteiger partial charge in [-0.2, -0.15) is 4.31 Å². The van der Waals surface area contributed by atoms with Gasteiger partial charge in [-0.15, -0.1) is 0 Å². The Morgan fingerprint density at radius 3 is 1.67 bits per heavy atom. The highest BCUT2D eigenvalue weighted by Crippen LogP contribution is 2.57. The average molecular weight is 462 g/mol. The van der Waals surface area contributed by atoms with Gasteiger partial charge >= 0.3 is 15.6 Å². The second kappa shape index (κ2) is 14.9. The van der Waals surface area contributed by atoms with Gasteiger partial charge in [-0.3, -0.25) is 4.52 Å². The van der Waals surface area contributed by atoms with Crippen molar-refractivity contribution < 1.29 is 32.6 Å². The van der Waals surface area contributed by atoms with Crippen LogP contribution >= 0.6 is 15.6 Å². The van der Waals surface area contributed by atoms with Crippen molar-refractivity contribution in [3.05, 3.63) is 59.3 Å². The maximum Gasteiger partial charge on any atom is 0.481 e. The fourth-order valence-corrected chi connectivity index (χ4v) is 3.97. The van der Waals surface area contributed by atoms with Crippen LogP contribution in [0.4, 0.5) is 0 Å². The van der Waals surface area contributed by atoms with E-state index in [0.717, 1.165) is 44.1 Å². The largest absolute Gasteiger partial charge is 0.481 e. The number of rotatable bonds is 15. The van der Waals surface area contributed by atoms with Gasteiger partial charge < -0.3 is 14.7 Å². The minimum Gasteiger partial charge on any atom is -0.302 e. The van der Waals surface area contributed by atoms with Gasteiger partial charge in [0.2, 0.25) is 0 Å². The van der Waals surface area contributed by atoms with E-state index in [2.05, 4.69) is 54.4 Å². The number of allylic oxidation sites excluding steroid dienone is 8. The Hall–Kier alpha value is -1.04. The van der Waals surface area contributed by atoms with Crippen LogP contribution in [0.25, 0.3) is 0 Å². The third-order valence-electron chi connectivity index (χ3n) is 4.27. The first-order chi connectivity index (χ1) is 13.8. The molecule has 9 heteroatoms. The fraction of sp³-hybridized carbons (Fsp3) is 0.524. The lowest BCUT2D eigenvalue weighted by atomic mass is 10.0. The molecular formula is C21H36O7P2. The molecule has 1 unspecified atom stereocenters. The van der Waals surface area contributed by atoms with Crippen molar-refractivity contribution in [1.29, 1.82) is 0 Å². The number of hydrogen-bond donors (Lipinski definition) is 3. The molecule has 30 heavy (non-hydrogen) atoms. The van der Waals surface area contributed by atoms with Crippen molar-refractivity contribution in [3.63, 3.8) is 0 Å². The summed E-state index contributed by atoms with van der Waals surface area (Å²) < 4.78 is 30.1. The van der Waals surface area contributed by atoms with Crippen molar-refractivity contribution in [2.75, 3.05) is 6.61 Å². The molecule has 0 aromatic rings. The van der Waals surface area contributed by atoms with Gasteiger partial charge in [-0.1, -0.05) is 59.3 Å². The summed E-state index contributed by atoms with van der Waals surface area (Å²) in [5, 5.41) is 0. The summed E-state index contributed by atoms with van der Waals surface area (Å²) in [5.74, 6) is 0. The summed E-state index contributed by atoms with van der Waals surface area (Å²) in [6.07, 6.45) is 15.8. The maximum absolute atomic E-state index is 11.3. The zero-order valence-electron chi connectivity index (χ0n) is 18.4. The molecule has 0 saturated heterocycles.